The van der Waals surface area contributed by atoms with Crippen molar-refractivity contribution in [3.63, 3.8) is 0 Å². The van der Waals surface area contributed by atoms with Gasteiger partial charge in [-0.3, -0.25) is 4.79 Å². The molecular formula is C11H18O5. The Labute approximate surface area is 94.7 Å². The number of carbonyl (C=O) groups excluding carboxylic acids is 1. The average Bonchev–Trinajstić information content (AvgIpc) is 2.70. The Morgan fingerprint density at radius 1 is 1.38 bits per heavy atom. The van der Waals surface area contributed by atoms with Crippen molar-refractivity contribution >= 4 is 5.97 Å². The second-order valence-electron chi connectivity index (χ2n) is 4.79. The molecule has 0 unspecified atom stereocenters. The number of fused-ring (bicyclic) bond motifs is 1. The van der Waals surface area contributed by atoms with Crippen LogP contribution in [0.15, 0.2) is 0 Å². The van der Waals surface area contributed by atoms with E-state index >= 15 is 0 Å². The molecule has 5 nitrogen and oxygen atoms in total. The van der Waals surface area contributed by atoms with E-state index in [0.717, 1.165) is 0 Å². The van der Waals surface area contributed by atoms with Gasteiger partial charge >= 0.3 is 5.97 Å². The highest BCUT2D eigenvalue weighted by Gasteiger charge is 2.48. The maximum atomic E-state index is 11.5. The van der Waals surface area contributed by atoms with E-state index in [4.69, 9.17) is 14.2 Å². The first-order chi connectivity index (χ1) is 7.58. The summed E-state index contributed by atoms with van der Waals surface area (Å²) < 4.78 is 16.0. The summed E-state index contributed by atoms with van der Waals surface area (Å²) in [5.74, 6) is 0.0509. The molecular weight excluding hydrogens is 212 g/mol. The number of aliphatic hydroxyl groups excluding tert-OH is 1. The lowest BCUT2D eigenvalue weighted by atomic mass is 10.1. The molecule has 2 fully saturated rings. The molecule has 2 rings (SSSR count). The standard InChI is InChI=1S/C11H18O5/c1-6(2)3-9(13)16-8-5-15-10-7(12)4-14-11(8)10/h6-8,10-12H,3-5H2,1-2H3/t7-,8+,10-,11-/m1/s1. The van der Waals surface area contributed by atoms with Gasteiger partial charge in [-0.25, -0.2) is 0 Å². The minimum absolute atomic E-state index is 0.228. The molecule has 2 heterocycles. The molecule has 2 aliphatic heterocycles. The predicted octanol–water partition coefficient (Wildman–Crippen LogP) is 0.103. The van der Waals surface area contributed by atoms with E-state index in [2.05, 4.69) is 0 Å². The van der Waals surface area contributed by atoms with Gasteiger partial charge in [0.1, 0.15) is 18.3 Å². The first-order valence-electron chi connectivity index (χ1n) is 5.68. The lowest BCUT2D eigenvalue weighted by Crippen LogP contribution is -2.34. The van der Waals surface area contributed by atoms with E-state index in [0.29, 0.717) is 13.0 Å². The normalized spacial score (nSPS) is 37.8. The Morgan fingerprint density at radius 3 is 2.75 bits per heavy atom. The van der Waals surface area contributed by atoms with Gasteiger partial charge in [-0.1, -0.05) is 13.8 Å². The second kappa shape index (κ2) is 4.69. The zero-order valence-corrected chi connectivity index (χ0v) is 9.59. The second-order valence-corrected chi connectivity index (χ2v) is 4.79. The Hall–Kier alpha value is -0.650. The van der Waals surface area contributed by atoms with E-state index in [1.807, 2.05) is 13.8 Å². The van der Waals surface area contributed by atoms with Crippen LogP contribution in [0.1, 0.15) is 20.3 Å². The lowest BCUT2D eigenvalue weighted by Gasteiger charge is -2.17. The summed E-state index contributed by atoms with van der Waals surface area (Å²) in [5.41, 5.74) is 0. The molecule has 0 aromatic heterocycles. The zero-order chi connectivity index (χ0) is 11.7. The molecule has 4 atom stereocenters. The third-order valence-electron chi connectivity index (χ3n) is 2.84. The minimum atomic E-state index is -0.598. The van der Waals surface area contributed by atoms with Crippen molar-refractivity contribution in [1.82, 2.24) is 0 Å². The van der Waals surface area contributed by atoms with Crippen LogP contribution in [0.4, 0.5) is 0 Å². The van der Waals surface area contributed by atoms with Crippen molar-refractivity contribution in [3.05, 3.63) is 0 Å². The number of ether oxygens (including phenoxy) is 3. The number of aliphatic hydroxyl groups is 1. The van der Waals surface area contributed by atoms with Crippen LogP contribution in [0.2, 0.25) is 0 Å². The van der Waals surface area contributed by atoms with Crippen molar-refractivity contribution in [2.45, 2.75) is 44.7 Å². The topological polar surface area (TPSA) is 65.0 Å². The minimum Gasteiger partial charge on any atom is -0.457 e. The summed E-state index contributed by atoms with van der Waals surface area (Å²) in [5, 5.41) is 9.51. The maximum absolute atomic E-state index is 11.5. The maximum Gasteiger partial charge on any atom is 0.306 e. The van der Waals surface area contributed by atoms with Gasteiger partial charge in [-0.05, 0) is 5.92 Å². The number of hydrogen-bond acceptors (Lipinski definition) is 5. The van der Waals surface area contributed by atoms with Crippen molar-refractivity contribution < 1.29 is 24.1 Å². The summed E-state index contributed by atoms with van der Waals surface area (Å²) in [6, 6.07) is 0. The Balaban J connectivity index is 1.85. The van der Waals surface area contributed by atoms with E-state index in [1.165, 1.54) is 0 Å². The number of hydrogen-bond donors (Lipinski definition) is 1. The van der Waals surface area contributed by atoms with Crippen LogP contribution in [0.3, 0.4) is 0 Å². The smallest absolute Gasteiger partial charge is 0.306 e. The van der Waals surface area contributed by atoms with Crippen LogP contribution in [0.25, 0.3) is 0 Å². The molecule has 0 bridgehead atoms. The molecule has 1 N–H and O–H groups in total. The summed E-state index contributed by atoms with van der Waals surface area (Å²) in [4.78, 5) is 11.5. The van der Waals surface area contributed by atoms with Gasteiger partial charge < -0.3 is 19.3 Å². The third-order valence-corrected chi connectivity index (χ3v) is 2.84. The molecule has 16 heavy (non-hydrogen) atoms. The van der Waals surface area contributed by atoms with E-state index in [-0.39, 0.29) is 36.8 Å². The average molecular weight is 230 g/mol. The number of carbonyl (C=O) groups is 1. The zero-order valence-electron chi connectivity index (χ0n) is 9.59. The third kappa shape index (κ3) is 2.36. The molecule has 0 spiro atoms. The van der Waals surface area contributed by atoms with Crippen LogP contribution < -0.4 is 0 Å². The van der Waals surface area contributed by atoms with Crippen molar-refractivity contribution in [2.75, 3.05) is 13.2 Å². The molecule has 0 aromatic rings. The van der Waals surface area contributed by atoms with Crippen LogP contribution in [0, 0.1) is 5.92 Å². The quantitative estimate of drug-likeness (QED) is 0.697. The van der Waals surface area contributed by atoms with Gasteiger partial charge in [0, 0.05) is 6.42 Å². The SMILES string of the molecule is CC(C)CC(=O)O[C@H]1CO[C@H]2[C@@H]1OC[C@H]2O. The number of esters is 1. The Bertz CT molecular complexity index is 265. The molecule has 2 aliphatic rings. The fourth-order valence-electron chi connectivity index (χ4n) is 2.10. The molecule has 92 valence electrons. The first kappa shape index (κ1) is 11.8. The highest BCUT2D eigenvalue weighted by atomic mass is 16.6. The van der Waals surface area contributed by atoms with Crippen LogP contribution in [0.5, 0.6) is 0 Å². The molecule has 0 aromatic carbocycles. The summed E-state index contributed by atoms with van der Waals surface area (Å²) in [6.45, 7) is 4.50. The molecule has 5 heteroatoms. The number of rotatable bonds is 3. The highest BCUT2D eigenvalue weighted by Crippen LogP contribution is 2.29. The highest BCUT2D eigenvalue weighted by molar-refractivity contribution is 5.69. The van der Waals surface area contributed by atoms with E-state index in [9.17, 15) is 9.90 Å². The first-order valence-corrected chi connectivity index (χ1v) is 5.68. The monoisotopic (exact) mass is 230 g/mol. The van der Waals surface area contributed by atoms with Crippen LogP contribution >= 0.6 is 0 Å². The fourth-order valence-corrected chi connectivity index (χ4v) is 2.10. The largest absolute Gasteiger partial charge is 0.457 e. The van der Waals surface area contributed by atoms with Gasteiger partial charge in [0.25, 0.3) is 0 Å². The van der Waals surface area contributed by atoms with Crippen LogP contribution in [-0.2, 0) is 19.0 Å². The summed E-state index contributed by atoms with van der Waals surface area (Å²) >= 11 is 0. The Morgan fingerprint density at radius 2 is 2.06 bits per heavy atom. The van der Waals surface area contributed by atoms with E-state index < -0.39 is 6.10 Å². The van der Waals surface area contributed by atoms with Crippen molar-refractivity contribution in [1.29, 1.82) is 0 Å². The van der Waals surface area contributed by atoms with Gasteiger partial charge in [0.2, 0.25) is 0 Å². The van der Waals surface area contributed by atoms with Gasteiger partial charge in [0.05, 0.1) is 13.2 Å². The summed E-state index contributed by atoms with van der Waals surface area (Å²) in [6.07, 6.45) is -1.20. The molecule has 0 saturated carbocycles. The van der Waals surface area contributed by atoms with Gasteiger partial charge in [-0.2, -0.15) is 0 Å². The Kier molecular flexibility index (Phi) is 3.47. The fraction of sp³-hybridized carbons (Fsp3) is 0.909. The molecule has 2 saturated heterocycles. The van der Waals surface area contributed by atoms with Crippen LogP contribution in [-0.4, -0.2) is 48.7 Å². The van der Waals surface area contributed by atoms with Gasteiger partial charge in [0.15, 0.2) is 6.10 Å². The summed E-state index contributed by atoms with van der Waals surface area (Å²) in [7, 11) is 0. The van der Waals surface area contributed by atoms with Crippen molar-refractivity contribution in [3.8, 4) is 0 Å². The molecule has 0 radical (unpaired) electrons. The predicted molar refractivity (Wildman–Crippen MR) is 54.8 cm³/mol. The van der Waals surface area contributed by atoms with Crippen molar-refractivity contribution in [2.24, 2.45) is 5.92 Å². The van der Waals surface area contributed by atoms with E-state index in [1.54, 1.807) is 0 Å². The van der Waals surface area contributed by atoms with Gasteiger partial charge in [-0.15, -0.1) is 0 Å². The molecule has 0 amide bonds. The molecule has 0 aliphatic carbocycles. The lowest BCUT2D eigenvalue weighted by molar-refractivity contribution is -0.154.